The molecule has 0 aliphatic carbocycles. The van der Waals surface area contributed by atoms with E-state index < -0.39 is 10.9 Å². The van der Waals surface area contributed by atoms with Gasteiger partial charge in [0.25, 0.3) is 5.69 Å². The quantitative estimate of drug-likeness (QED) is 0.365. The van der Waals surface area contributed by atoms with Crippen LogP contribution in [0.1, 0.15) is 16.7 Å². The lowest BCUT2D eigenvalue weighted by molar-refractivity contribution is -0.385. The number of aliphatic imine (C=N–C) groups is 1. The topological polar surface area (TPSA) is 85.0 Å². The molecule has 0 aromatic heterocycles. The third-order valence-electron chi connectivity index (χ3n) is 3.99. The fourth-order valence-corrected chi connectivity index (χ4v) is 2.50. The van der Waals surface area contributed by atoms with E-state index in [0.29, 0.717) is 11.1 Å². The molecular weight excluding hydrogens is 334 g/mol. The molecule has 0 fully saturated rings. The van der Waals surface area contributed by atoms with Crippen LogP contribution < -0.4 is 4.90 Å². The van der Waals surface area contributed by atoms with Gasteiger partial charge in [0.2, 0.25) is 5.90 Å². The van der Waals surface area contributed by atoms with Crippen LogP contribution in [0.4, 0.5) is 11.4 Å². The number of nitro benzene ring substituents is 1. The van der Waals surface area contributed by atoms with Crippen LogP contribution in [0.2, 0.25) is 0 Å². The zero-order chi connectivity index (χ0) is 18.8. The standard InChI is InChI=1S/C19H17N3O4/c1-12-4-7-14(11-17(12)22(24)25)18-20-16(19(23)26-18)10-13-5-8-15(9-6-13)21(2)3/h4-11H,1-3H3. The summed E-state index contributed by atoms with van der Waals surface area (Å²) in [6.07, 6.45) is 1.62. The summed E-state index contributed by atoms with van der Waals surface area (Å²) in [7, 11) is 3.89. The van der Waals surface area contributed by atoms with Gasteiger partial charge in [-0.05, 0) is 36.8 Å². The highest BCUT2D eigenvalue weighted by Crippen LogP contribution is 2.24. The number of rotatable bonds is 4. The number of cyclic esters (lactones) is 1. The van der Waals surface area contributed by atoms with Gasteiger partial charge in [-0.25, -0.2) is 9.79 Å². The lowest BCUT2D eigenvalue weighted by Crippen LogP contribution is -2.08. The van der Waals surface area contributed by atoms with Crippen LogP contribution in [0.25, 0.3) is 6.08 Å². The van der Waals surface area contributed by atoms with E-state index in [0.717, 1.165) is 11.3 Å². The second kappa shape index (κ2) is 6.79. The number of benzene rings is 2. The number of carbonyl (C=O) groups is 1. The number of anilines is 1. The molecule has 0 saturated carbocycles. The molecule has 2 aromatic carbocycles. The van der Waals surface area contributed by atoms with Crippen LogP contribution in [0.5, 0.6) is 0 Å². The van der Waals surface area contributed by atoms with Gasteiger partial charge in [-0.3, -0.25) is 10.1 Å². The zero-order valence-electron chi connectivity index (χ0n) is 14.6. The van der Waals surface area contributed by atoms with Crippen LogP contribution in [0.3, 0.4) is 0 Å². The van der Waals surface area contributed by atoms with E-state index in [2.05, 4.69) is 4.99 Å². The Morgan fingerprint density at radius 1 is 1.15 bits per heavy atom. The highest BCUT2D eigenvalue weighted by molar-refractivity contribution is 6.13. The maximum atomic E-state index is 12.1. The molecule has 2 aromatic rings. The van der Waals surface area contributed by atoms with Crippen LogP contribution >= 0.6 is 0 Å². The van der Waals surface area contributed by atoms with E-state index in [1.54, 1.807) is 25.1 Å². The molecule has 1 heterocycles. The Labute approximate surface area is 150 Å². The predicted octanol–water partition coefficient (Wildman–Crippen LogP) is 3.31. The van der Waals surface area contributed by atoms with Gasteiger partial charge in [0.05, 0.1) is 4.92 Å². The van der Waals surface area contributed by atoms with Gasteiger partial charge in [0.1, 0.15) is 0 Å². The van der Waals surface area contributed by atoms with E-state index >= 15 is 0 Å². The first-order valence-electron chi connectivity index (χ1n) is 7.90. The third kappa shape index (κ3) is 3.46. The molecule has 26 heavy (non-hydrogen) atoms. The van der Waals surface area contributed by atoms with Crippen LogP contribution in [-0.2, 0) is 9.53 Å². The molecule has 7 nitrogen and oxygen atoms in total. The summed E-state index contributed by atoms with van der Waals surface area (Å²) >= 11 is 0. The lowest BCUT2D eigenvalue weighted by atomic mass is 10.1. The highest BCUT2D eigenvalue weighted by Gasteiger charge is 2.25. The van der Waals surface area contributed by atoms with Gasteiger partial charge in [-0.2, -0.15) is 0 Å². The second-order valence-electron chi connectivity index (χ2n) is 6.08. The Bertz CT molecular complexity index is 944. The highest BCUT2D eigenvalue weighted by atomic mass is 16.6. The number of aryl methyl sites for hydroxylation is 1. The molecule has 3 rings (SSSR count). The van der Waals surface area contributed by atoms with Crippen molar-refractivity contribution in [1.29, 1.82) is 0 Å². The summed E-state index contributed by atoms with van der Waals surface area (Å²) in [4.78, 5) is 28.8. The van der Waals surface area contributed by atoms with Gasteiger partial charge in [-0.15, -0.1) is 0 Å². The van der Waals surface area contributed by atoms with Gasteiger partial charge >= 0.3 is 5.97 Å². The van der Waals surface area contributed by atoms with Gasteiger partial charge < -0.3 is 9.64 Å². The minimum absolute atomic E-state index is 0.0436. The number of nitro groups is 1. The fourth-order valence-electron chi connectivity index (χ4n) is 2.50. The summed E-state index contributed by atoms with van der Waals surface area (Å²) in [6.45, 7) is 1.65. The van der Waals surface area contributed by atoms with Crippen molar-refractivity contribution in [3.05, 3.63) is 75.0 Å². The van der Waals surface area contributed by atoms with Crippen LogP contribution in [0.15, 0.2) is 53.2 Å². The monoisotopic (exact) mass is 351 g/mol. The van der Waals surface area contributed by atoms with E-state index in [4.69, 9.17) is 4.74 Å². The average molecular weight is 351 g/mol. The Balaban J connectivity index is 1.91. The van der Waals surface area contributed by atoms with Crippen molar-refractivity contribution >= 4 is 29.3 Å². The van der Waals surface area contributed by atoms with Crippen molar-refractivity contribution in [2.45, 2.75) is 6.92 Å². The summed E-state index contributed by atoms with van der Waals surface area (Å²) < 4.78 is 5.18. The Kier molecular flexibility index (Phi) is 4.53. The molecule has 0 amide bonds. The van der Waals surface area contributed by atoms with E-state index in [1.807, 2.05) is 43.3 Å². The Hall–Kier alpha value is -3.48. The fraction of sp³-hybridized carbons (Fsp3) is 0.158. The van der Waals surface area contributed by atoms with Crippen molar-refractivity contribution in [3.63, 3.8) is 0 Å². The van der Waals surface area contributed by atoms with Crippen molar-refractivity contribution in [2.24, 2.45) is 4.99 Å². The second-order valence-corrected chi connectivity index (χ2v) is 6.08. The summed E-state index contributed by atoms with van der Waals surface area (Å²) in [6, 6.07) is 12.2. The minimum Gasteiger partial charge on any atom is -0.402 e. The first-order valence-corrected chi connectivity index (χ1v) is 7.90. The largest absolute Gasteiger partial charge is 0.402 e. The molecule has 0 atom stereocenters. The summed E-state index contributed by atoms with van der Waals surface area (Å²) in [5.74, 6) is -0.519. The van der Waals surface area contributed by atoms with Crippen molar-refractivity contribution < 1.29 is 14.5 Å². The lowest BCUT2D eigenvalue weighted by Gasteiger charge is -2.11. The van der Waals surface area contributed by atoms with Crippen molar-refractivity contribution in [1.82, 2.24) is 0 Å². The molecule has 1 aliphatic rings. The van der Waals surface area contributed by atoms with E-state index in [-0.39, 0.29) is 17.3 Å². The number of hydrogen-bond donors (Lipinski definition) is 0. The molecule has 132 valence electrons. The smallest absolute Gasteiger partial charge is 0.363 e. The predicted molar refractivity (Wildman–Crippen MR) is 99.2 cm³/mol. The maximum Gasteiger partial charge on any atom is 0.363 e. The molecule has 7 heteroatoms. The summed E-state index contributed by atoms with van der Waals surface area (Å²) in [5, 5.41) is 11.1. The summed E-state index contributed by atoms with van der Waals surface area (Å²) in [5.41, 5.74) is 2.88. The molecule has 0 bridgehead atoms. The SMILES string of the molecule is Cc1ccc(C2=NC(=Cc3ccc(N(C)C)cc3)C(=O)O2)cc1[N+](=O)[O-]. The zero-order valence-corrected chi connectivity index (χ0v) is 14.6. The average Bonchev–Trinajstić information content (AvgIpc) is 2.96. The van der Waals surface area contributed by atoms with Crippen molar-refractivity contribution in [2.75, 3.05) is 19.0 Å². The Morgan fingerprint density at radius 2 is 1.85 bits per heavy atom. The molecule has 0 spiro atoms. The molecule has 0 saturated heterocycles. The van der Waals surface area contributed by atoms with Crippen LogP contribution in [-0.4, -0.2) is 30.9 Å². The number of esters is 1. The number of carbonyl (C=O) groups excluding carboxylic acids is 1. The van der Waals surface area contributed by atoms with Crippen molar-refractivity contribution in [3.8, 4) is 0 Å². The molecular formula is C19H17N3O4. The first kappa shape index (κ1) is 17.3. The van der Waals surface area contributed by atoms with E-state index in [1.165, 1.54) is 6.07 Å². The molecule has 1 aliphatic heterocycles. The number of nitrogens with zero attached hydrogens (tertiary/aromatic N) is 3. The number of ether oxygens (including phenoxy) is 1. The maximum absolute atomic E-state index is 12.1. The van der Waals surface area contributed by atoms with E-state index in [9.17, 15) is 14.9 Å². The normalized spacial score (nSPS) is 15.0. The van der Waals surface area contributed by atoms with Gasteiger partial charge in [0, 0.05) is 37.0 Å². The first-order chi connectivity index (χ1) is 12.3. The Morgan fingerprint density at radius 3 is 2.46 bits per heavy atom. The molecule has 0 unspecified atom stereocenters. The third-order valence-corrected chi connectivity index (χ3v) is 3.99. The number of hydrogen-bond acceptors (Lipinski definition) is 6. The van der Waals surface area contributed by atoms with Crippen LogP contribution in [0, 0.1) is 17.0 Å². The van der Waals surface area contributed by atoms with Gasteiger partial charge in [0.15, 0.2) is 5.70 Å². The van der Waals surface area contributed by atoms with Gasteiger partial charge in [-0.1, -0.05) is 18.2 Å². The molecule has 0 radical (unpaired) electrons. The minimum atomic E-state index is -0.583. The molecule has 0 N–H and O–H groups in total.